The predicted molar refractivity (Wildman–Crippen MR) is 75.1 cm³/mol. The van der Waals surface area contributed by atoms with Crippen molar-refractivity contribution in [2.45, 2.75) is 12.2 Å². The number of methoxy groups -OCH3 is 2. The topological polar surface area (TPSA) is 38.7 Å². The maximum Gasteiger partial charge on any atom is 0.133 e. The molecule has 0 aliphatic heterocycles. The van der Waals surface area contributed by atoms with Crippen molar-refractivity contribution in [3.05, 3.63) is 22.2 Å². The molecule has 1 aromatic carbocycles. The summed E-state index contributed by atoms with van der Waals surface area (Å²) in [7, 11) is 3.31. The Morgan fingerprint density at radius 2 is 1.94 bits per heavy atom. The Balaban J connectivity index is 2.74. The van der Waals surface area contributed by atoms with Gasteiger partial charge in [0.15, 0.2) is 0 Å². The van der Waals surface area contributed by atoms with E-state index in [4.69, 9.17) is 14.6 Å². The minimum atomic E-state index is 0.244. The quantitative estimate of drug-likeness (QED) is 0.784. The van der Waals surface area contributed by atoms with Gasteiger partial charge in [-0.1, -0.05) is 0 Å². The van der Waals surface area contributed by atoms with E-state index >= 15 is 0 Å². The molecule has 5 heteroatoms. The Labute approximate surface area is 115 Å². The first-order chi connectivity index (χ1) is 8.22. The number of aliphatic hydroxyl groups excluding tert-OH is 1. The molecule has 0 saturated heterocycles. The van der Waals surface area contributed by atoms with Gasteiger partial charge in [0.05, 0.1) is 18.7 Å². The molecule has 0 fully saturated rings. The van der Waals surface area contributed by atoms with Crippen LogP contribution in [0.15, 0.2) is 16.6 Å². The number of rotatable bonds is 7. The lowest BCUT2D eigenvalue weighted by molar-refractivity contribution is 0.296. The fraction of sp³-hybridized carbons (Fsp3) is 0.500. The van der Waals surface area contributed by atoms with Crippen molar-refractivity contribution < 1.29 is 14.6 Å². The molecule has 96 valence electrons. The lowest BCUT2D eigenvalue weighted by Gasteiger charge is -2.12. The Morgan fingerprint density at radius 3 is 2.53 bits per heavy atom. The van der Waals surface area contributed by atoms with Gasteiger partial charge < -0.3 is 14.6 Å². The summed E-state index contributed by atoms with van der Waals surface area (Å²) >= 11 is 5.21. The van der Waals surface area contributed by atoms with E-state index in [-0.39, 0.29) is 6.61 Å². The Hall–Kier alpha value is -0.390. The predicted octanol–water partition coefficient (Wildman–Crippen LogP) is 3.08. The first-order valence-corrected chi connectivity index (χ1v) is 7.26. The Kier molecular flexibility index (Phi) is 6.77. The summed E-state index contributed by atoms with van der Waals surface area (Å²) in [6.07, 6.45) is 0.820. The van der Waals surface area contributed by atoms with Gasteiger partial charge in [0.1, 0.15) is 11.5 Å². The summed E-state index contributed by atoms with van der Waals surface area (Å²) in [6, 6.07) is 3.90. The standard InChI is InChI=1S/C12H17BrO3S/c1-15-11-7-10(13)12(16-2)6-9(11)8-17-5-3-4-14/h6-7,14H,3-5,8H2,1-2H3. The van der Waals surface area contributed by atoms with Crippen LogP contribution < -0.4 is 9.47 Å². The summed E-state index contributed by atoms with van der Waals surface area (Å²) in [5.74, 6) is 3.46. The highest BCUT2D eigenvalue weighted by molar-refractivity contribution is 9.10. The highest BCUT2D eigenvalue weighted by Gasteiger charge is 2.09. The lowest BCUT2D eigenvalue weighted by atomic mass is 10.2. The van der Waals surface area contributed by atoms with Crippen LogP contribution in [0.5, 0.6) is 11.5 Å². The van der Waals surface area contributed by atoms with Gasteiger partial charge in [-0.15, -0.1) is 0 Å². The largest absolute Gasteiger partial charge is 0.496 e. The van der Waals surface area contributed by atoms with E-state index in [1.54, 1.807) is 26.0 Å². The minimum absolute atomic E-state index is 0.244. The monoisotopic (exact) mass is 320 g/mol. The molecule has 0 aliphatic carbocycles. The van der Waals surface area contributed by atoms with Gasteiger partial charge in [0.2, 0.25) is 0 Å². The molecule has 0 heterocycles. The third kappa shape index (κ3) is 4.41. The molecule has 0 unspecified atom stereocenters. The first kappa shape index (κ1) is 14.7. The Bertz CT molecular complexity index is 358. The van der Waals surface area contributed by atoms with Gasteiger partial charge in [-0.05, 0) is 40.2 Å². The van der Waals surface area contributed by atoms with Crippen molar-refractivity contribution in [1.29, 1.82) is 0 Å². The zero-order valence-corrected chi connectivity index (χ0v) is 12.4. The average molecular weight is 321 g/mol. The molecule has 0 amide bonds. The molecule has 0 bridgehead atoms. The SMILES string of the molecule is COc1cc(CSCCCO)c(OC)cc1Br. The third-order valence-electron chi connectivity index (χ3n) is 2.26. The van der Waals surface area contributed by atoms with Crippen LogP contribution in [-0.4, -0.2) is 31.7 Å². The summed E-state index contributed by atoms with van der Waals surface area (Å²) in [6.45, 7) is 0.244. The number of ether oxygens (including phenoxy) is 2. The van der Waals surface area contributed by atoms with E-state index in [2.05, 4.69) is 15.9 Å². The van der Waals surface area contributed by atoms with Crippen molar-refractivity contribution in [1.82, 2.24) is 0 Å². The maximum absolute atomic E-state index is 8.72. The van der Waals surface area contributed by atoms with E-state index in [1.807, 2.05) is 12.1 Å². The van der Waals surface area contributed by atoms with Crippen molar-refractivity contribution in [3.8, 4) is 11.5 Å². The highest BCUT2D eigenvalue weighted by atomic mass is 79.9. The summed E-state index contributed by atoms with van der Waals surface area (Å²) in [5.41, 5.74) is 1.11. The van der Waals surface area contributed by atoms with Crippen molar-refractivity contribution in [2.24, 2.45) is 0 Å². The fourth-order valence-corrected chi connectivity index (χ4v) is 2.79. The highest BCUT2D eigenvalue weighted by Crippen LogP contribution is 2.34. The van der Waals surface area contributed by atoms with E-state index in [1.165, 1.54) is 0 Å². The molecule has 1 rings (SSSR count). The summed E-state index contributed by atoms with van der Waals surface area (Å²) < 4.78 is 11.5. The lowest BCUT2D eigenvalue weighted by Crippen LogP contribution is -1.94. The number of thioether (sulfide) groups is 1. The minimum Gasteiger partial charge on any atom is -0.496 e. The number of hydrogen-bond donors (Lipinski definition) is 1. The third-order valence-corrected chi connectivity index (χ3v) is 3.97. The van der Waals surface area contributed by atoms with Crippen LogP contribution in [0.25, 0.3) is 0 Å². The van der Waals surface area contributed by atoms with Crippen LogP contribution >= 0.6 is 27.7 Å². The van der Waals surface area contributed by atoms with Gasteiger partial charge in [-0.3, -0.25) is 0 Å². The van der Waals surface area contributed by atoms with Crippen molar-refractivity contribution in [2.75, 3.05) is 26.6 Å². The molecule has 0 spiro atoms. The summed E-state index contributed by atoms with van der Waals surface area (Å²) in [5, 5.41) is 8.72. The van der Waals surface area contributed by atoms with E-state index < -0.39 is 0 Å². The second-order valence-corrected chi connectivity index (χ2v) is 5.39. The summed E-state index contributed by atoms with van der Waals surface area (Å²) in [4.78, 5) is 0. The molecule has 17 heavy (non-hydrogen) atoms. The zero-order valence-electron chi connectivity index (χ0n) is 10.0. The molecule has 0 aliphatic rings. The van der Waals surface area contributed by atoms with Crippen LogP contribution in [0.1, 0.15) is 12.0 Å². The normalized spacial score (nSPS) is 10.4. The molecular weight excluding hydrogens is 304 g/mol. The molecule has 0 radical (unpaired) electrons. The molecular formula is C12H17BrO3S. The molecule has 3 nitrogen and oxygen atoms in total. The maximum atomic E-state index is 8.72. The fourth-order valence-electron chi connectivity index (χ4n) is 1.39. The average Bonchev–Trinajstić information content (AvgIpc) is 2.35. The second-order valence-electron chi connectivity index (χ2n) is 3.43. The molecule has 1 aromatic rings. The van der Waals surface area contributed by atoms with Crippen LogP contribution in [0.3, 0.4) is 0 Å². The van der Waals surface area contributed by atoms with Crippen molar-refractivity contribution in [3.63, 3.8) is 0 Å². The van der Waals surface area contributed by atoms with Crippen LogP contribution in [0.4, 0.5) is 0 Å². The second kappa shape index (κ2) is 7.84. The van der Waals surface area contributed by atoms with Crippen molar-refractivity contribution >= 4 is 27.7 Å². The number of halogens is 1. The van der Waals surface area contributed by atoms with Gasteiger partial charge in [-0.25, -0.2) is 0 Å². The van der Waals surface area contributed by atoms with E-state index in [0.29, 0.717) is 0 Å². The first-order valence-electron chi connectivity index (χ1n) is 5.32. The molecule has 0 atom stereocenters. The van der Waals surface area contributed by atoms with Gasteiger partial charge in [-0.2, -0.15) is 11.8 Å². The molecule has 0 aromatic heterocycles. The number of hydrogen-bond acceptors (Lipinski definition) is 4. The smallest absolute Gasteiger partial charge is 0.133 e. The van der Waals surface area contributed by atoms with Crippen LogP contribution in [0.2, 0.25) is 0 Å². The van der Waals surface area contributed by atoms with Crippen LogP contribution in [-0.2, 0) is 5.75 Å². The molecule has 1 N–H and O–H groups in total. The van der Waals surface area contributed by atoms with Gasteiger partial charge >= 0.3 is 0 Å². The number of aliphatic hydroxyl groups is 1. The number of benzene rings is 1. The van der Waals surface area contributed by atoms with Crippen LogP contribution in [0, 0.1) is 0 Å². The van der Waals surface area contributed by atoms with Gasteiger partial charge in [0, 0.05) is 17.9 Å². The van der Waals surface area contributed by atoms with E-state index in [9.17, 15) is 0 Å². The molecule has 0 saturated carbocycles. The Morgan fingerprint density at radius 1 is 1.24 bits per heavy atom. The zero-order chi connectivity index (χ0) is 12.7. The van der Waals surface area contributed by atoms with E-state index in [0.717, 1.165) is 39.5 Å². The van der Waals surface area contributed by atoms with Gasteiger partial charge in [0.25, 0.3) is 0 Å².